The van der Waals surface area contributed by atoms with Gasteiger partial charge in [-0.15, -0.1) is 0 Å². The van der Waals surface area contributed by atoms with E-state index in [1.807, 2.05) is 0 Å². The second-order valence-corrected chi connectivity index (χ2v) is 7.32. The molecule has 1 fully saturated rings. The number of Topliss-reactive ketones (excluding diaryl/α,β-unsaturated/α-hetero) is 1. The highest BCUT2D eigenvalue weighted by atomic mass is 32.2. The van der Waals surface area contributed by atoms with E-state index in [0.29, 0.717) is 26.9 Å². The molecule has 0 radical (unpaired) electrons. The van der Waals surface area contributed by atoms with Crippen molar-refractivity contribution in [2.45, 2.75) is 20.8 Å². The lowest BCUT2D eigenvalue weighted by atomic mass is 10.1. The highest BCUT2D eigenvalue weighted by Gasteiger charge is 2.26. The van der Waals surface area contributed by atoms with Crippen LogP contribution in [0.3, 0.4) is 0 Å². The summed E-state index contributed by atoms with van der Waals surface area (Å²) in [7, 11) is 0. The Bertz CT molecular complexity index is 771. The van der Waals surface area contributed by atoms with Gasteiger partial charge in [-0.05, 0) is 26.3 Å². The number of aryl methyl sites for hydroxylation is 1. The number of esters is 1. The second-order valence-electron chi connectivity index (χ2n) is 5.71. The second kappa shape index (κ2) is 8.45. The zero-order valence-electron chi connectivity index (χ0n) is 14.6. The zero-order valence-corrected chi connectivity index (χ0v) is 16.3. The molecule has 0 aliphatic carbocycles. The number of carbonyl (C=O) groups excluding carboxylic acids is 4. The van der Waals surface area contributed by atoms with Crippen LogP contribution in [0.25, 0.3) is 0 Å². The summed E-state index contributed by atoms with van der Waals surface area (Å²) in [6.45, 7) is 4.78. The van der Waals surface area contributed by atoms with Gasteiger partial charge >= 0.3 is 5.97 Å². The van der Waals surface area contributed by atoms with E-state index < -0.39 is 18.5 Å². The Balaban J connectivity index is 1.81. The summed E-state index contributed by atoms with van der Waals surface area (Å²) in [5, 5.41) is 2.56. The lowest BCUT2D eigenvalue weighted by Crippen LogP contribution is -2.38. The lowest BCUT2D eigenvalue weighted by molar-refractivity contribution is -0.126. The number of hydrogen-bond donors (Lipinski definition) is 2. The highest BCUT2D eigenvalue weighted by molar-refractivity contribution is 8.23. The Labute approximate surface area is 160 Å². The number of nitrogens with zero attached hydrogens (tertiary/aromatic N) is 1. The Morgan fingerprint density at radius 2 is 2.04 bits per heavy atom. The standard InChI is InChI=1S/C16H19N3O5S2/c1-8-13(10(3)20)9(2)18-14(8)15(23)24-6-11(21)17-4-5-19-12(22)7-26-16(19)25/h18H,4-7H2,1-3H3,(H,17,21). The Morgan fingerprint density at radius 3 is 2.58 bits per heavy atom. The molecular weight excluding hydrogens is 378 g/mol. The Morgan fingerprint density at radius 1 is 1.35 bits per heavy atom. The van der Waals surface area contributed by atoms with Gasteiger partial charge in [-0.25, -0.2) is 4.79 Å². The first-order chi connectivity index (χ1) is 12.2. The van der Waals surface area contributed by atoms with Gasteiger partial charge in [0.05, 0.1) is 5.75 Å². The number of hydrogen-bond acceptors (Lipinski definition) is 7. The molecule has 0 bridgehead atoms. The number of ether oxygens (including phenoxy) is 1. The molecule has 0 aromatic carbocycles. The predicted molar refractivity (Wildman–Crippen MR) is 100 cm³/mol. The van der Waals surface area contributed by atoms with Crippen molar-refractivity contribution in [1.29, 1.82) is 0 Å². The molecule has 8 nitrogen and oxygen atoms in total. The molecule has 0 saturated carbocycles. The molecule has 0 atom stereocenters. The predicted octanol–water partition coefficient (Wildman–Crippen LogP) is 0.967. The largest absolute Gasteiger partial charge is 0.451 e. The summed E-state index contributed by atoms with van der Waals surface area (Å²) in [4.78, 5) is 51.3. The van der Waals surface area contributed by atoms with Crippen LogP contribution in [0, 0.1) is 13.8 Å². The van der Waals surface area contributed by atoms with Gasteiger partial charge in [0.2, 0.25) is 5.91 Å². The van der Waals surface area contributed by atoms with Crippen molar-refractivity contribution in [2.75, 3.05) is 25.4 Å². The maximum absolute atomic E-state index is 12.1. The van der Waals surface area contributed by atoms with Crippen LogP contribution in [0.4, 0.5) is 0 Å². The molecule has 26 heavy (non-hydrogen) atoms. The first-order valence-corrected chi connectivity index (χ1v) is 9.22. The molecule has 2 heterocycles. The normalized spacial score (nSPS) is 13.9. The molecule has 2 amide bonds. The van der Waals surface area contributed by atoms with Gasteiger partial charge in [-0.2, -0.15) is 0 Å². The third-order valence-corrected chi connectivity index (χ3v) is 5.26. The molecule has 140 valence electrons. The van der Waals surface area contributed by atoms with Gasteiger partial charge in [-0.1, -0.05) is 24.0 Å². The van der Waals surface area contributed by atoms with Crippen LogP contribution in [0.1, 0.15) is 39.0 Å². The minimum absolute atomic E-state index is 0.0838. The van der Waals surface area contributed by atoms with Crippen LogP contribution in [0.5, 0.6) is 0 Å². The molecule has 10 heteroatoms. The van der Waals surface area contributed by atoms with Gasteiger partial charge in [0, 0.05) is 24.3 Å². The summed E-state index contributed by atoms with van der Waals surface area (Å²) in [5.41, 5.74) is 1.69. The van der Waals surface area contributed by atoms with E-state index in [1.54, 1.807) is 13.8 Å². The highest BCUT2D eigenvalue weighted by Crippen LogP contribution is 2.19. The number of nitrogens with one attached hydrogen (secondary N) is 2. The maximum atomic E-state index is 12.1. The van der Waals surface area contributed by atoms with Crippen LogP contribution in [-0.4, -0.2) is 63.2 Å². The average Bonchev–Trinajstić information content (AvgIpc) is 3.05. The molecule has 1 saturated heterocycles. The van der Waals surface area contributed by atoms with Crippen LogP contribution in [0.2, 0.25) is 0 Å². The summed E-state index contributed by atoms with van der Waals surface area (Å²) >= 11 is 6.33. The number of aromatic nitrogens is 1. The molecule has 0 unspecified atom stereocenters. The molecule has 1 aromatic heterocycles. The van der Waals surface area contributed by atoms with E-state index >= 15 is 0 Å². The van der Waals surface area contributed by atoms with Gasteiger partial charge < -0.3 is 15.0 Å². The van der Waals surface area contributed by atoms with E-state index in [0.717, 1.165) is 0 Å². The van der Waals surface area contributed by atoms with Crippen molar-refractivity contribution in [3.8, 4) is 0 Å². The number of thioether (sulfide) groups is 1. The smallest absolute Gasteiger partial charge is 0.355 e. The molecule has 1 aliphatic rings. The third kappa shape index (κ3) is 4.50. The molecule has 2 N–H and O–H groups in total. The van der Waals surface area contributed by atoms with Gasteiger partial charge in [0.25, 0.3) is 5.91 Å². The Kier molecular flexibility index (Phi) is 6.54. The number of rotatable bonds is 7. The minimum Gasteiger partial charge on any atom is -0.451 e. The molecular formula is C16H19N3O5S2. The first-order valence-electron chi connectivity index (χ1n) is 7.83. The lowest BCUT2D eigenvalue weighted by Gasteiger charge is -2.15. The van der Waals surface area contributed by atoms with Gasteiger partial charge in [-0.3, -0.25) is 19.3 Å². The van der Waals surface area contributed by atoms with Crippen LogP contribution in [0.15, 0.2) is 0 Å². The molecule has 1 aliphatic heterocycles. The summed E-state index contributed by atoms with van der Waals surface area (Å²) in [5.74, 6) is -1.11. The van der Waals surface area contributed by atoms with E-state index in [1.165, 1.54) is 23.6 Å². The quantitative estimate of drug-likeness (QED) is 0.401. The topological polar surface area (TPSA) is 109 Å². The van der Waals surface area contributed by atoms with E-state index in [2.05, 4.69) is 10.3 Å². The fourth-order valence-corrected chi connectivity index (χ4v) is 3.76. The first kappa shape index (κ1) is 20.1. The number of aromatic amines is 1. The molecule has 0 spiro atoms. The van der Waals surface area contributed by atoms with Crippen molar-refractivity contribution in [3.05, 3.63) is 22.5 Å². The maximum Gasteiger partial charge on any atom is 0.355 e. The van der Waals surface area contributed by atoms with Crippen molar-refractivity contribution < 1.29 is 23.9 Å². The van der Waals surface area contributed by atoms with Gasteiger partial charge in [0.15, 0.2) is 12.4 Å². The van der Waals surface area contributed by atoms with Crippen LogP contribution >= 0.6 is 24.0 Å². The number of amides is 2. The number of ketones is 1. The molecule has 2 rings (SSSR count). The van der Waals surface area contributed by atoms with Crippen LogP contribution in [-0.2, 0) is 14.3 Å². The van der Waals surface area contributed by atoms with Crippen molar-refractivity contribution in [2.24, 2.45) is 0 Å². The van der Waals surface area contributed by atoms with Crippen LogP contribution < -0.4 is 5.32 Å². The number of H-pyrrole nitrogens is 1. The number of thiocarbonyl (C=S) groups is 1. The van der Waals surface area contributed by atoms with E-state index in [4.69, 9.17) is 17.0 Å². The summed E-state index contributed by atoms with van der Waals surface area (Å²) < 4.78 is 5.47. The van der Waals surface area contributed by atoms with Crippen molar-refractivity contribution in [3.63, 3.8) is 0 Å². The average molecular weight is 397 g/mol. The van der Waals surface area contributed by atoms with Crippen molar-refractivity contribution in [1.82, 2.24) is 15.2 Å². The Hall–Kier alpha value is -2.20. The third-order valence-electron chi connectivity index (χ3n) is 3.83. The SMILES string of the molecule is CC(=O)c1c(C)[nH]c(C(=O)OCC(=O)NCCN2C(=O)CSC2=S)c1C. The van der Waals surface area contributed by atoms with Gasteiger partial charge in [0.1, 0.15) is 10.0 Å². The van der Waals surface area contributed by atoms with Crippen molar-refractivity contribution >= 4 is 51.9 Å². The fraction of sp³-hybridized carbons (Fsp3) is 0.438. The van der Waals surface area contributed by atoms with E-state index in [9.17, 15) is 19.2 Å². The fourth-order valence-electron chi connectivity index (χ4n) is 2.64. The zero-order chi connectivity index (χ0) is 19.4. The van der Waals surface area contributed by atoms with E-state index in [-0.39, 0.29) is 30.5 Å². The monoisotopic (exact) mass is 397 g/mol. The molecule has 1 aromatic rings. The minimum atomic E-state index is -0.708. The number of carbonyl (C=O) groups is 4. The summed E-state index contributed by atoms with van der Waals surface area (Å²) in [6, 6.07) is 0. The summed E-state index contributed by atoms with van der Waals surface area (Å²) in [6.07, 6.45) is 0.